The zero-order valence-corrected chi connectivity index (χ0v) is 23.2. The Bertz CT molecular complexity index is 1370. The van der Waals surface area contributed by atoms with Crippen molar-refractivity contribution in [3.8, 4) is 5.69 Å². The second kappa shape index (κ2) is 11.7. The van der Waals surface area contributed by atoms with Crippen molar-refractivity contribution in [2.75, 3.05) is 18.1 Å². The number of hydrogen-bond donors (Lipinski definition) is 4. The Balaban J connectivity index is 0.000000810. The Labute approximate surface area is 230 Å². The molecule has 1 fully saturated rings. The van der Waals surface area contributed by atoms with Crippen molar-refractivity contribution >= 4 is 27.7 Å². The highest BCUT2D eigenvalue weighted by Crippen LogP contribution is 2.42. The minimum atomic E-state index is -4.57. The number of nitrogens with two attached hydrogens (primary N) is 2. The van der Waals surface area contributed by atoms with Gasteiger partial charge in [-0.15, -0.1) is 0 Å². The first kappa shape index (κ1) is 31.4. The average molecular weight is 590 g/mol. The zero-order valence-electron chi connectivity index (χ0n) is 22.4. The van der Waals surface area contributed by atoms with E-state index in [1.165, 1.54) is 10.7 Å². The molecule has 222 valence electrons. The van der Waals surface area contributed by atoms with Crippen molar-refractivity contribution in [1.29, 1.82) is 0 Å². The number of carbonyl (C=O) groups is 2. The molecule has 15 heteroatoms. The lowest BCUT2D eigenvalue weighted by Crippen LogP contribution is -2.35. The highest BCUT2D eigenvalue weighted by molar-refractivity contribution is 7.85. The second-order valence-corrected chi connectivity index (χ2v) is 12.2. The summed E-state index contributed by atoms with van der Waals surface area (Å²) in [7, 11) is -3.67. The maximum absolute atomic E-state index is 13.8. The van der Waals surface area contributed by atoms with Gasteiger partial charge in [0, 0.05) is 16.9 Å². The van der Waals surface area contributed by atoms with E-state index in [1.54, 1.807) is 12.1 Å². The molecule has 1 heterocycles. The summed E-state index contributed by atoms with van der Waals surface area (Å²) in [5.41, 5.74) is 11.5. The summed E-state index contributed by atoms with van der Waals surface area (Å²) in [6, 6.07) is 4.30. The lowest BCUT2D eigenvalue weighted by atomic mass is 9.76. The number of ether oxygens (including phenoxy) is 1. The number of aromatic nitrogens is 2. The minimum absolute atomic E-state index is 0.175. The standard InChI is InChI=1S/C24H30F3N5O3.CH4O3S/c1-23(2)9-8-15-18(11-23)32(31-21(15)24(25,26)27)13-6-7-14(22(29)34)17(10-13)30-16-4-3-5-19(16)35-20(33)12-28;1-5(2,3)4/h6-7,10,16,19,30H,3-5,8-9,11-12,28H2,1-2H3,(H2,29,34);1H3,(H,2,3,4). The molecule has 40 heavy (non-hydrogen) atoms. The number of alkyl halides is 3. The quantitative estimate of drug-likeness (QED) is 0.291. The van der Waals surface area contributed by atoms with E-state index in [0.29, 0.717) is 49.0 Å². The molecule has 2 atom stereocenters. The monoisotopic (exact) mass is 589 g/mol. The van der Waals surface area contributed by atoms with Gasteiger partial charge in [-0.1, -0.05) is 13.8 Å². The predicted molar refractivity (Wildman–Crippen MR) is 141 cm³/mol. The molecule has 0 aliphatic heterocycles. The van der Waals surface area contributed by atoms with Crippen molar-refractivity contribution in [1.82, 2.24) is 9.78 Å². The number of nitrogens with zero attached hydrogens (tertiary/aromatic N) is 2. The summed E-state index contributed by atoms with van der Waals surface area (Å²) in [4.78, 5) is 23.8. The first-order chi connectivity index (χ1) is 18.4. The van der Waals surface area contributed by atoms with Gasteiger partial charge in [0.15, 0.2) is 5.69 Å². The van der Waals surface area contributed by atoms with Crippen molar-refractivity contribution in [3.05, 3.63) is 40.7 Å². The highest BCUT2D eigenvalue weighted by atomic mass is 32.2. The average Bonchev–Trinajstić information content (AvgIpc) is 3.40. The number of esters is 1. The number of anilines is 1. The number of fused-ring (bicyclic) bond motifs is 1. The van der Waals surface area contributed by atoms with E-state index in [1.807, 2.05) is 13.8 Å². The van der Waals surface area contributed by atoms with Crippen LogP contribution >= 0.6 is 0 Å². The molecular formula is C25H34F3N5O6S. The van der Waals surface area contributed by atoms with Gasteiger partial charge in [-0.05, 0) is 62.1 Å². The predicted octanol–water partition coefficient (Wildman–Crippen LogP) is 2.84. The number of rotatable bonds is 6. The van der Waals surface area contributed by atoms with Crippen LogP contribution in [0.3, 0.4) is 0 Å². The van der Waals surface area contributed by atoms with Crippen molar-refractivity contribution in [2.24, 2.45) is 16.9 Å². The lowest BCUT2D eigenvalue weighted by molar-refractivity contribution is -0.147. The molecule has 2 unspecified atom stereocenters. The molecule has 0 radical (unpaired) electrons. The summed E-state index contributed by atoms with van der Waals surface area (Å²) < 4.78 is 74.0. The molecule has 2 aliphatic rings. The van der Waals surface area contributed by atoms with Gasteiger partial charge < -0.3 is 21.5 Å². The molecule has 2 aromatic rings. The Morgan fingerprint density at radius 1 is 1.27 bits per heavy atom. The molecule has 6 N–H and O–H groups in total. The van der Waals surface area contributed by atoms with E-state index in [9.17, 15) is 31.2 Å². The number of primary amides is 1. The molecule has 1 aromatic heterocycles. The van der Waals surface area contributed by atoms with E-state index < -0.39 is 40.0 Å². The van der Waals surface area contributed by atoms with Gasteiger partial charge in [-0.3, -0.25) is 14.1 Å². The van der Waals surface area contributed by atoms with Gasteiger partial charge in [0.05, 0.1) is 30.1 Å². The molecule has 1 saturated carbocycles. The Kier molecular flexibility index (Phi) is 9.21. The van der Waals surface area contributed by atoms with Gasteiger partial charge >= 0.3 is 12.1 Å². The fraction of sp³-hybridized carbons (Fsp3) is 0.560. The van der Waals surface area contributed by atoms with Crippen LogP contribution in [-0.2, 0) is 38.7 Å². The number of nitrogens with one attached hydrogen (secondary N) is 1. The van der Waals surface area contributed by atoms with Crippen LogP contribution in [0.2, 0.25) is 0 Å². The van der Waals surface area contributed by atoms with E-state index in [0.717, 1.165) is 6.42 Å². The van der Waals surface area contributed by atoms with E-state index >= 15 is 0 Å². The van der Waals surface area contributed by atoms with E-state index in [2.05, 4.69) is 10.4 Å². The Hall–Kier alpha value is -3.17. The molecular weight excluding hydrogens is 555 g/mol. The third-order valence-electron chi connectivity index (χ3n) is 6.81. The first-order valence-electron chi connectivity index (χ1n) is 12.6. The van der Waals surface area contributed by atoms with E-state index in [4.69, 9.17) is 20.8 Å². The van der Waals surface area contributed by atoms with Crippen molar-refractivity contribution in [2.45, 2.75) is 70.7 Å². The minimum Gasteiger partial charge on any atom is -0.459 e. The number of amides is 1. The van der Waals surface area contributed by atoms with Crippen LogP contribution in [0.5, 0.6) is 0 Å². The van der Waals surface area contributed by atoms with Crippen molar-refractivity contribution in [3.63, 3.8) is 0 Å². The van der Waals surface area contributed by atoms with Gasteiger partial charge in [-0.2, -0.15) is 26.7 Å². The van der Waals surface area contributed by atoms with Crippen LogP contribution in [-0.4, -0.2) is 59.6 Å². The molecule has 11 nitrogen and oxygen atoms in total. The van der Waals surface area contributed by atoms with E-state index in [-0.39, 0.29) is 35.5 Å². The highest BCUT2D eigenvalue weighted by Gasteiger charge is 2.42. The SMILES string of the molecule is CC1(C)CCc2c(C(F)(F)F)nn(-c3ccc(C(N)=O)c(NC4CCCC4OC(=O)CN)c3)c2C1.CS(=O)(=O)O. The maximum Gasteiger partial charge on any atom is 0.435 e. The van der Waals surface area contributed by atoms with Crippen LogP contribution < -0.4 is 16.8 Å². The summed E-state index contributed by atoms with van der Waals surface area (Å²) in [6.07, 6.45) is -0.841. The third kappa shape index (κ3) is 7.95. The molecule has 0 spiro atoms. The van der Waals surface area contributed by atoms with Crippen LogP contribution in [0.1, 0.15) is 66.8 Å². The smallest absolute Gasteiger partial charge is 0.435 e. The summed E-state index contributed by atoms with van der Waals surface area (Å²) in [6.45, 7) is 3.80. The third-order valence-corrected chi connectivity index (χ3v) is 6.81. The normalized spacial score (nSPS) is 20.2. The molecule has 4 rings (SSSR count). The van der Waals surface area contributed by atoms with Gasteiger partial charge in [0.25, 0.3) is 16.0 Å². The second-order valence-electron chi connectivity index (χ2n) is 10.8. The number of halogens is 3. The lowest BCUT2D eigenvalue weighted by Gasteiger charge is -2.30. The maximum atomic E-state index is 13.8. The summed E-state index contributed by atoms with van der Waals surface area (Å²) in [5.74, 6) is -1.22. The largest absolute Gasteiger partial charge is 0.459 e. The van der Waals surface area contributed by atoms with Gasteiger partial charge in [-0.25, -0.2) is 4.68 Å². The van der Waals surface area contributed by atoms with Gasteiger partial charge in [0.1, 0.15) is 6.10 Å². The number of benzene rings is 1. The zero-order chi connectivity index (χ0) is 30.0. The summed E-state index contributed by atoms with van der Waals surface area (Å²) in [5, 5.41) is 7.21. The van der Waals surface area contributed by atoms with Gasteiger partial charge in [0.2, 0.25) is 0 Å². The molecule has 1 aromatic carbocycles. The van der Waals surface area contributed by atoms with Crippen LogP contribution in [0.25, 0.3) is 5.69 Å². The Morgan fingerprint density at radius 3 is 2.50 bits per heavy atom. The van der Waals surface area contributed by atoms with Crippen LogP contribution in [0, 0.1) is 5.41 Å². The number of hydrogen-bond acceptors (Lipinski definition) is 8. The number of carbonyl (C=O) groups excluding carboxylic acids is 2. The molecule has 1 amide bonds. The molecule has 0 saturated heterocycles. The fourth-order valence-electron chi connectivity index (χ4n) is 5.02. The first-order valence-corrected chi connectivity index (χ1v) is 14.4. The Morgan fingerprint density at radius 2 is 1.93 bits per heavy atom. The fourth-order valence-corrected chi connectivity index (χ4v) is 5.02. The van der Waals surface area contributed by atoms with Crippen LogP contribution in [0.4, 0.5) is 18.9 Å². The molecule has 2 aliphatic carbocycles. The van der Waals surface area contributed by atoms with Crippen LogP contribution in [0.15, 0.2) is 18.2 Å². The summed E-state index contributed by atoms with van der Waals surface area (Å²) >= 11 is 0. The topological polar surface area (TPSA) is 180 Å². The molecule has 0 bridgehead atoms. The van der Waals surface area contributed by atoms with Crippen molar-refractivity contribution < 1.29 is 40.5 Å².